The Morgan fingerprint density at radius 2 is 1.71 bits per heavy atom. The van der Waals surface area contributed by atoms with Crippen LogP contribution in [0.15, 0.2) is 11.6 Å². The van der Waals surface area contributed by atoms with E-state index < -0.39 is 11.4 Å². The van der Waals surface area contributed by atoms with Gasteiger partial charge in [0.1, 0.15) is 0 Å². The van der Waals surface area contributed by atoms with Crippen LogP contribution in [0.3, 0.4) is 0 Å². The molecule has 10 atom stereocenters. The maximum atomic E-state index is 12.8. The fourth-order valence-electron chi connectivity index (χ4n) is 10.8. The van der Waals surface area contributed by atoms with Gasteiger partial charge in [0.05, 0.1) is 16.9 Å². The van der Waals surface area contributed by atoms with E-state index in [1.807, 2.05) is 0 Å². The molecule has 0 saturated heterocycles. The summed E-state index contributed by atoms with van der Waals surface area (Å²) in [6, 6.07) is 0. The number of allylic oxidation sites excluding steroid dienone is 2. The molecule has 0 radical (unpaired) electrons. The molecule has 0 amide bonds. The average Bonchev–Trinajstić information content (AvgIpc) is 2.78. The van der Waals surface area contributed by atoms with Crippen LogP contribution in [0.5, 0.6) is 0 Å². The Labute approximate surface area is 207 Å². The molecule has 5 aliphatic rings. The number of fused-ring (bicyclic) bond motifs is 7. The van der Waals surface area contributed by atoms with Gasteiger partial charge in [-0.1, -0.05) is 59.1 Å². The minimum absolute atomic E-state index is 0.0273. The van der Waals surface area contributed by atoms with Crippen LogP contribution in [0.1, 0.15) is 99.3 Å². The Balaban J connectivity index is 1.65. The number of carboxylic acids is 1. The van der Waals surface area contributed by atoms with Gasteiger partial charge in [0.15, 0.2) is 0 Å². The van der Waals surface area contributed by atoms with Crippen molar-refractivity contribution in [2.24, 2.45) is 56.7 Å². The molecule has 2 N–H and O–H groups in total. The largest absolute Gasteiger partial charge is 0.481 e. The van der Waals surface area contributed by atoms with Crippen LogP contribution in [0.2, 0.25) is 0 Å². The van der Waals surface area contributed by atoms with E-state index in [4.69, 9.17) is 6.42 Å². The number of hydrogen-bond donors (Lipinski definition) is 2. The number of rotatable bonds is 1. The van der Waals surface area contributed by atoms with Crippen molar-refractivity contribution in [3.63, 3.8) is 0 Å². The molecule has 0 aromatic heterocycles. The zero-order valence-corrected chi connectivity index (χ0v) is 22.3. The van der Waals surface area contributed by atoms with E-state index in [2.05, 4.69) is 53.5 Å². The van der Waals surface area contributed by atoms with Gasteiger partial charge in [-0.2, -0.15) is 0 Å². The minimum Gasteiger partial charge on any atom is -0.481 e. The molecule has 0 heterocycles. The van der Waals surface area contributed by atoms with Crippen LogP contribution < -0.4 is 0 Å². The molecule has 0 aromatic carbocycles. The van der Waals surface area contributed by atoms with Gasteiger partial charge in [-0.15, -0.1) is 6.42 Å². The summed E-state index contributed by atoms with van der Waals surface area (Å²) in [5.41, 5.74) is 0.353. The Morgan fingerprint density at radius 3 is 2.35 bits per heavy atom. The van der Waals surface area contributed by atoms with Crippen LogP contribution in [0, 0.1) is 69.0 Å². The summed E-state index contributed by atoms with van der Waals surface area (Å²) in [5, 5.41) is 21.4. The fraction of sp³-hybridized carbons (Fsp3) is 0.839. The quantitative estimate of drug-likeness (QED) is 0.334. The van der Waals surface area contributed by atoms with E-state index in [1.165, 1.54) is 5.57 Å². The molecule has 1 unspecified atom stereocenters. The first-order valence-electron chi connectivity index (χ1n) is 13.9. The first-order valence-corrected chi connectivity index (χ1v) is 13.9. The highest BCUT2D eigenvalue weighted by Crippen LogP contribution is 2.75. The molecule has 3 nitrogen and oxygen atoms in total. The lowest BCUT2D eigenvalue weighted by atomic mass is 9.33. The van der Waals surface area contributed by atoms with Crippen LogP contribution in [-0.2, 0) is 4.79 Å². The van der Waals surface area contributed by atoms with Crippen molar-refractivity contribution in [2.45, 2.75) is 105 Å². The van der Waals surface area contributed by atoms with Gasteiger partial charge in [0.2, 0.25) is 0 Å². The molecule has 0 aromatic rings. The number of aliphatic hydroxyl groups excluding tert-OH is 1. The Kier molecular flexibility index (Phi) is 5.30. The molecular weight excluding hydrogens is 420 g/mol. The zero-order chi connectivity index (χ0) is 24.9. The van der Waals surface area contributed by atoms with Crippen molar-refractivity contribution >= 4 is 5.97 Å². The summed E-state index contributed by atoms with van der Waals surface area (Å²) in [4.78, 5) is 12.8. The second-order valence-electron chi connectivity index (χ2n) is 14.2. The fourth-order valence-corrected chi connectivity index (χ4v) is 10.8. The first kappa shape index (κ1) is 24.4. The summed E-state index contributed by atoms with van der Waals surface area (Å²) < 4.78 is 0. The highest BCUT2D eigenvalue weighted by molar-refractivity contribution is 5.77. The van der Waals surface area contributed by atoms with Crippen molar-refractivity contribution < 1.29 is 15.0 Å². The molecular formula is C31H46O3. The predicted molar refractivity (Wildman–Crippen MR) is 136 cm³/mol. The van der Waals surface area contributed by atoms with Gasteiger partial charge < -0.3 is 10.2 Å². The van der Waals surface area contributed by atoms with E-state index >= 15 is 0 Å². The van der Waals surface area contributed by atoms with Crippen molar-refractivity contribution in [3.05, 3.63) is 11.6 Å². The molecule has 5 aliphatic carbocycles. The second kappa shape index (κ2) is 7.38. The van der Waals surface area contributed by atoms with Crippen molar-refractivity contribution in [1.82, 2.24) is 0 Å². The maximum Gasteiger partial charge on any atom is 0.310 e. The third kappa shape index (κ3) is 2.68. The van der Waals surface area contributed by atoms with E-state index in [0.717, 1.165) is 51.4 Å². The van der Waals surface area contributed by atoms with Gasteiger partial charge in [-0.05, 0) is 97.7 Å². The standard InChI is InChI=1S/C31H46O3/c1-8-31-18-17-30(26(33)34)16-11-19(2)20(3)25(30)21(31)9-10-23-28(6)14-13-24(32)27(4,5)22(28)12-15-29(23,31)7/h1,9,19-20,22-25,32H,10-18H2,2-7H3,(H,33,34)/t19-,20+,22?,23-,24+,25+,28+,29-,30+,31-/m1/s1. The van der Waals surface area contributed by atoms with Crippen LogP contribution >= 0.6 is 0 Å². The van der Waals surface area contributed by atoms with E-state index in [-0.39, 0.29) is 33.7 Å². The number of aliphatic hydroxyl groups is 1. The number of carboxylic acid groups (broad SMARTS) is 1. The predicted octanol–water partition coefficient (Wildman–Crippen LogP) is 6.70. The third-order valence-electron chi connectivity index (χ3n) is 13.1. The van der Waals surface area contributed by atoms with Gasteiger partial charge in [0, 0.05) is 5.92 Å². The number of aliphatic carboxylic acids is 1. The van der Waals surface area contributed by atoms with Crippen LogP contribution in [-0.4, -0.2) is 22.3 Å². The Morgan fingerprint density at radius 1 is 1.00 bits per heavy atom. The lowest BCUT2D eigenvalue weighted by molar-refractivity contribution is -0.199. The summed E-state index contributed by atoms with van der Waals surface area (Å²) in [6.45, 7) is 14.1. The topological polar surface area (TPSA) is 57.5 Å². The molecule has 0 bridgehead atoms. The molecule has 4 saturated carbocycles. The van der Waals surface area contributed by atoms with Crippen molar-refractivity contribution in [2.75, 3.05) is 0 Å². The van der Waals surface area contributed by atoms with Crippen LogP contribution in [0.4, 0.5) is 0 Å². The van der Waals surface area contributed by atoms with Crippen molar-refractivity contribution in [3.8, 4) is 12.3 Å². The number of carbonyl (C=O) groups is 1. The molecule has 4 fully saturated rings. The molecule has 3 heteroatoms. The van der Waals surface area contributed by atoms with Gasteiger partial charge >= 0.3 is 5.97 Å². The first-order chi connectivity index (χ1) is 15.8. The molecule has 0 aliphatic heterocycles. The van der Waals surface area contributed by atoms with E-state index in [9.17, 15) is 15.0 Å². The lowest BCUT2D eigenvalue weighted by Crippen LogP contribution is -2.65. The zero-order valence-electron chi connectivity index (χ0n) is 22.3. The summed E-state index contributed by atoms with van der Waals surface area (Å²) >= 11 is 0. The highest BCUT2D eigenvalue weighted by Gasteiger charge is 2.70. The Hall–Kier alpha value is -1.27. The molecule has 34 heavy (non-hydrogen) atoms. The van der Waals surface area contributed by atoms with E-state index in [0.29, 0.717) is 30.1 Å². The normalized spacial score (nSPS) is 53.8. The molecule has 5 rings (SSSR count). The SMILES string of the molecule is C#C[C@@]12CC[C@@]3(C(=O)O)CC[C@@H](C)[C@H](C)[C@H]3C1=CC[C@@H]1[C@@]3(C)CC[C@H](O)C(C)(C)C3CC[C@]12C. The average molecular weight is 467 g/mol. The third-order valence-corrected chi connectivity index (χ3v) is 13.1. The van der Waals surface area contributed by atoms with Gasteiger partial charge in [0.25, 0.3) is 0 Å². The van der Waals surface area contributed by atoms with Gasteiger partial charge in [-0.3, -0.25) is 4.79 Å². The number of hydrogen-bond acceptors (Lipinski definition) is 2. The highest BCUT2D eigenvalue weighted by atomic mass is 16.4. The minimum atomic E-state index is -0.653. The second-order valence-corrected chi connectivity index (χ2v) is 14.2. The maximum absolute atomic E-state index is 12.8. The summed E-state index contributed by atoms with van der Waals surface area (Å²) in [6.07, 6.45) is 17.2. The molecule has 188 valence electrons. The lowest BCUT2D eigenvalue weighted by Gasteiger charge is -2.70. The summed E-state index contributed by atoms with van der Waals surface area (Å²) in [5.74, 6) is 4.67. The molecule has 0 spiro atoms. The Bertz CT molecular complexity index is 956. The van der Waals surface area contributed by atoms with Crippen LogP contribution in [0.25, 0.3) is 0 Å². The monoisotopic (exact) mass is 466 g/mol. The van der Waals surface area contributed by atoms with E-state index in [1.54, 1.807) is 0 Å². The summed E-state index contributed by atoms with van der Waals surface area (Å²) in [7, 11) is 0. The smallest absolute Gasteiger partial charge is 0.310 e. The number of terminal acetylenes is 1. The van der Waals surface area contributed by atoms with Gasteiger partial charge in [-0.25, -0.2) is 0 Å². The van der Waals surface area contributed by atoms with Crippen molar-refractivity contribution in [1.29, 1.82) is 0 Å².